The van der Waals surface area contributed by atoms with Gasteiger partial charge in [-0.15, -0.1) is 0 Å². The lowest BCUT2D eigenvalue weighted by atomic mass is 10.2. The van der Waals surface area contributed by atoms with Gasteiger partial charge in [0.15, 0.2) is 11.6 Å². The van der Waals surface area contributed by atoms with E-state index in [1.165, 1.54) is 36.7 Å². The number of carbonyl (C=O) groups is 2. The number of carboxylic acids is 1. The van der Waals surface area contributed by atoms with E-state index in [1.807, 2.05) is 0 Å². The third-order valence-electron chi connectivity index (χ3n) is 3.84. The average molecular weight is 464 g/mol. The van der Waals surface area contributed by atoms with Crippen LogP contribution in [0.2, 0.25) is 0 Å². The highest BCUT2D eigenvalue weighted by molar-refractivity contribution is 5.94. The molecule has 0 aliphatic heterocycles. The molecular weight excluding hydrogens is 443 g/mol. The maximum Gasteiger partial charge on any atom is 0.369 e. The average Bonchev–Trinajstić information content (AvgIpc) is 2.72. The second-order valence-electron chi connectivity index (χ2n) is 6.32. The molecule has 0 aliphatic rings. The summed E-state index contributed by atoms with van der Waals surface area (Å²) >= 11 is 0. The minimum atomic E-state index is -3.56. The van der Waals surface area contributed by atoms with E-state index in [0.717, 1.165) is 18.3 Å². The van der Waals surface area contributed by atoms with Crippen molar-refractivity contribution in [1.29, 1.82) is 0 Å². The largest absolute Gasteiger partial charge is 0.492 e. The molecular formula is C19H21FN6O7. The number of aliphatic hydroxyl groups is 3. The van der Waals surface area contributed by atoms with Gasteiger partial charge in [0.2, 0.25) is 0 Å². The van der Waals surface area contributed by atoms with Crippen molar-refractivity contribution in [2.45, 2.75) is 6.10 Å². The van der Waals surface area contributed by atoms with Gasteiger partial charge in [-0.2, -0.15) is 0 Å². The van der Waals surface area contributed by atoms with Crippen LogP contribution in [-0.2, 0) is 4.79 Å². The lowest BCUT2D eigenvalue weighted by Crippen LogP contribution is -2.49. The Bertz CT molecular complexity index is 1100. The van der Waals surface area contributed by atoms with Crippen LogP contribution < -0.4 is 32.2 Å². The van der Waals surface area contributed by atoms with E-state index in [9.17, 15) is 14.0 Å². The minimum absolute atomic E-state index is 0.0273. The van der Waals surface area contributed by atoms with Gasteiger partial charge in [-0.05, 0) is 24.3 Å². The number of aromatic carboxylic acids is 1. The first-order valence-electron chi connectivity index (χ1n) is 8.93. The number of hydrogen-bond acceptors (Lipinski definition) is 11. The first kappa shape index (κ1) is 24.9. The highest BCUT2D eigenvalue weighted by atomic mass is 19.1. The molecule has 2 rings (SSSR count). The van der Waals surface area contributed by atoms with Gasteiger partial charge in [0, 0.05) is 12.3 Å². The molecule has 14 heteroatoms. The zero-order chi connectivity index (χ0) is 24.8. The summed E-state index contributed by atoms with van der Waals surface area (Å²) in [7, 11) is 1.21. The van der Waals surface area contributed by atoms with Crippen LogP contribution in [0.25, 0.3) is 0 Å². The molecule has 0 atom stereocenters. The van der Waals surface area contributed by atoms with Gasteiger partial charge in [0.25, 0.3) is 5.91 Å². The van der Waals surface area contributed by atoms with Gasteiger partial charge >= 0.3 is 12.1 Å². The Morgan fingerprint density at radius 1 is 1.15 bits per heavy atom. The SMILES string of the molecule is COc1c(F)cccc1NC(/C=C(\N)Nc1ccc(C(=O)O)cn1)=C(/N)C(=O)NC(O)(O)O. The van der Waals surface area contributed by atoms with E-state index in [0.29, 0.717) is 0 Å². The number of methoxy groups -OCH3 is 1. The van der Waals surface area contributed by atoms with E-state index < -0.39 is 29.5 Å². The maximum absolute atomic E-state index is 14.0. The second-order valence-corrected chi connectivity index (χ2v) is 6.32. The number of carboxylic acid groups (broad SMARTS) is 1. The van der Waals surface area contributed by atoms with E-state index in [-0.39, 0.29) is 34.3 Å². The van der Waals surface area contributed by atoms with Crippen LogP contribution in [0.5, 0.6) is 5.75 Å². The van der Waals surface area contributed by atoms with Gasteiger partial charge in [0.1, 0.15) is 17.3 Å². The Kier molecular flexibility index (Phi) is 7.74. The number of allylic oxidation sites excluding steroid dienone is 1. The van der Waals surface area contributed by atoms with Gasteiger partial charge in [-0.3, -0.25) is 10.1 Å². The number of rotatable bonds is 9. The fraction of sp³-hybridized carbons (Fsp3) is 0.105. The third kappa shape index (κ3) is 7.06. The maximum atomic E-state index is 14.0. The van der Waals surface area contributed by atoms with Crippen molar-refractivity contribution < 1.29 is 39.1 Å². The summed E-state index contributed by atoms with van der Waals surface area (Å²) in [5.41, 5.74) is 10.7. The van der Waals surface area contributed by atoms with Crippen molar-refractivity contribution in [3.05, 3.63) is 71.2 Å². The molecule has 13 nitrogen and oxygen atoms in total. The Morgan fingerprint density at radius 3 is 2.39 bits per heavy atom. The van der Waals surface area contributed by atoms with Crippen molar-refractivity contribution in [3.8, 4) is 5.75 Å². The van der Waals surface area contributed by atoms with E-state index >= 15 is 0 Å². The summed E-state index contributed by atoms with van der Waals surface area (Å²) in [5, 5.41) is 42.5. The van der Waals surface area contributed by atoms with E-state index in [2.05, 4.69) is 15.6 Å². The molecule has 0 saturated heterocycles. The fourth-order valence-electron chi connectivity index (χ4n) is 2.42. The molecule has 1 aromatic heterocycles. The minimum Gasteiger partial charge on any atom is -0.492 e. The summed E-state index contributed by atoms with van der Waals surface area (Å²) in [6, 6.07) is 6.45. The Labute approximate surface area is 185 Å². The fourth-order valence-corrected chi connectivity index (χ4v) is 2.42. The highest BCUT2D eigenvalue weighted by Crippen LogP contribution is 2.29. The quantitative estimate of drug-likeness (QED) is 0.125. The van der Waals surface area contributed by atoms with Gasteiger partial charge < -0.3 is 47.3 Å². The Morgan fingerprint density at radius 2 is 1.85 bits per heavy atom. The summed E-state index contributed by atoms with van der Waals surface area (Å²) in [5.74, 6) is -3.49. The smallest absolute Gasteiger partial charge is 0.369 e. The molecule has 11 N–H and O–H groups in total. The second kappa shape index (κ2) is 10.3. The number of nitrogens with zero attached hydrogens (tertiary/aromatic N) is 1. The number of hydrogen-bond donors (Lipinski definition) is 9. The third-order valence-corrected chi connectivity index (χ3v) is 3.84. The lowest BCUT2D eigenvalue weighted by molar-refractivity contribution is -0.325. The zero-order valence-corrected chi connectivity index (χ0v) is 17.0. The van der Waals surface area contributed by atoms with Crippen molar-refractivity contribution in [2.24, 2.45) is 11.5 Å². The molecule has 176 valence electrons. The van der Waals surface area contributed by atoms with Crippen molar-refractivity contribution in [2.75, 3.05) is 17.7 Å². The number of nitrogens with one attached hydrogen (secondary N) is 3. The van der Waals surface area contributed by atoms with Crippen LogP contribution >= 0.6 is 0 Å². The number of aromatic nitrogens is 1. The molecule has 0 bridgehead atoms. The number of amides is 1. The monoisotopic (exact) mass is 464 g/mol. The highest BCUT2D eigenvalue weighted by Gasteiger charge is 2.24. The van der Waals surface area contributed by atoms with Crippen molar-refractivity contribution >= 4 is 23.4 Å². The first-order valence-corrected chi connectivity index (χ1v) is 8.93. The van der Waals surface area contributed by atoms with Crippen LogP contribution in [0.1, 0.15) is 10.4 Å². The Hall–Kier alpha value is -4.40. The number of para-hydroxylation sites is 1. The number of ether oxygens (including phenoxy) is 1. The normalized spacial score (nSPS) is 12.5. The van der Waals surface area contributed by atoms with Crippen molar-refractivity contribution in [1.82, 2.24) is 10.3 Å². The summed E-state index contributed by atoms with van der Waals surface area (Å²) in [4.78, 5) is 27.0. The number of nitrogens with two attached hydrogens (primary N) is 2. The summed E-state index contributed by atoms with van der Waals surface area (Å²) in [6.07, 6.45) is -1.40. The van der Waals surface area contributed by atoms with E-state index in [1.54, 1.807) is 0 Å². The van der Waals surface area contributed by atoms with Crippen LogP contribution in [0.15, 0.2) is 59.8 Å². The van der Waals surface area contributed by atoms with Crippen LogP contribution in [-0.4, -0.2) is 50.5 Å². The lowest BCUT2D eigenvalue weighted by Gasteiger charge is -2.18. The summed E-state index contributed by atoms with van der Waals surface area (Å²) < 4.78 is 19.0. The molecule has 0 spiro atoms. The van der Waals surface area contributed by atoms with Crippen LogP contribution in [0, 0.1) is 5.82 Å². The first-order chi connectivity index (χ1) is 15.4. The molecule has 0 radical (unpaired) electrons. The number of halogens is 1. The summed E-state index contributed by atoms with van der Waals surface area (Å²) in [6.45, 7) is 0. The van der Waals surface area contributed by atoms with Gasteiger partial charge in [-0.25, -0.2) is 14.2 Å². The standard InChI is InChI=1S/C19H21FN6O7/c1-33-16-10(20)3-2-4-11(16)24-12(15(22)17(27)26-19(30,31)32)7-13(21)25-14-6-5-9(8-23-14)18(28)29/h2-8,24,30-32H,21-22H2,1H3,(H,23,25)(H,26,27)(H,28,29)/b13-7+,15-12+. The predicted molar refractivity (Wildman–Crippen MR) is 112 cm³/mol. The van der Waals surface area contributed by atoms with E-state index in [4.69, 9.17) is 36.6 Å². The zero-order valence-electron chi connectivity index (χ0n) is 17.0. The van der Waals surface area contributed by atoms with Crippen LogP contribution in [0.4, 0.5) is 15.9 Å². The molecule has 0 saturated carbocycles. The number of pyridine rings is 1. The van der Waals surface area contributed by atoms with Crippen LogP contribution in [0.3, 0.4) is 0 Å². The molecule has 2 aromatic rings. The molecule has 0 aliphatic carbocycles. The molecule has 0 unspecified atom stereocenters. The molecule has 1 amide bonds. The molecule has 33 heavy (non-hydrogen) atoms. The number of benzene rings is 1. The topological polar surface area (TPSA) is 225 Å². The van der Waals surface area contributed by atoms with Gasteiger partial charge in [0.05, 0.1) is 24.1 Å². The Balaban J connectivity index is 2.43. The molecule has 1 heterocycles. The number of carbonyl (C=O) groups excluding carboxylic acids is 1. The molecule has 0 fully saturated rings. The predicted octanol–water partition coefficient (Wildman–Crippen LogP) is -0.874. The van der Waals surface area contributed by atoms with Gasteiger partial charge in [-0.1, -0.05) is 6.07 Å². The molecule has 1 aromatic carbocycles. The van der Waals surface area contributed by atoms with Crippen molar-refractivity contribution in [3.63, 3.8) is 0 Å². The number of anilines is 2.